The SMILES string of the molecule is Cc1ccnc([C@H]2C[C@@H]2C(=O)Nc2cc(N(Cc3cn4cc(C5CC5)cc(N5CC(=O)N(C)C5=O)c4n3)C(=O)O)ccc2S(C)(=O)=O)n1. The van der Waals surface area contributed by atoms with Gasteiger partial charge in [-0.05, 0) is 68.0 Å². The van der Waals surface area contributed by atoms with Gasteiger partial charge >= 0.3 is 12.1 Å². The topological polar surface area (TPSA) is 187 Å². The Labute approximate surface area is 275 Å². The van der Waals surface area contributed by atoms with Crippen LogP contribution in [0.1, 0.15) is 53.9 Å². The van der Waals surface area contributed by atoms with Gasteiger partial charge in [-0.15, -0.1) is 0 Å². The lowest BCUT2D eigenvalue weighted by atomic mass is 10.1. The normalized spacial score (nSPS) is 19.2. The number of anilines is 3. The number of fused-ring (bicyclic) bond motifs is 1. The number of rotatable bonds is 9. The molecule has 4 heterocycles. The number of amides is 5. The molecular formula is C32H32N8O7S. The Morgan fingerprint density at radius 2 is 1.88 bits per heavy atom. The van der Waals surface area contributed by atoms with Gasteiger partial charge in [0.2, 0.25) is 11.8 Å². The van der Waals surface area contributed by atoms with Crippen LogP contribution in [0.25, 0.3) is 5.65 Å². The third-order valence-electron chi connectivity index (χ3n) is 8.88. The third kappa shape index (κ3) is 5.83. The number of likely N-dealkylation sites (N-methyl/N-ethyl adjacent to an activating group) is 1. The average molecular weight is 673 g/mol. The van der Waals surface area contributed by atoms with Crippen LogP contribution in [0.3, 0.4) is 0 Å². The van der Waals surface area contributed by atoms with Crippen molar-refractivity contribution in [3.05, 3.63) is 71.7 Å². The number of pyridine rings is 1. The lowest BCUT2D eigenvalue weighted by Crippen LogP contribution is -2.30. The van der Waals surface area contributed by atoms with Crippen molar-refractivity contribution < 1.29 is 32.7 Å². The van der Waals surface area contributed by atoms with E-state index < -0.39 is 33.8 Å². The predicted octanol–water partition coefficient (Wildman–Crippen LogP) is 3.54. The lowest BCUT2D eigenvalue weighted by Gasteiger charge is -2.20. The molecule has 0 radical (unpaired) electrons. The van der Waals surface area contributed by atoms with E-state index in [0.717, 1.165) is 40.2 Å². The van der Waals surface area contributed by atoms with Gasteiger partial charge in [-0.25, -0.2) is 33.0 Å². The molecule has 248 valence electrons. The molecule has 4 aromatic rings. The van der Waals surface area contributed by atoms with E-state index in [4.69, 9.17) is 0 Å². The summed E-state index contributed by atoms with van der Waals surface area (Å²) >= 11 is 0. The van der Waals surface area contributed by atoms with Gasteiger partial charge in [0.05, 0.1) is 28.5 Å². The van der Waals surface area contributed by atoms with E-state index in [-0.39, 0.29) is 41.2 Å². The number of carbonyl (C=O) groups excluding carboxylic acids is 3. The average Bonchev–Trinajstić information content (AvgIpc) is 3.96. The lowest BCUT2D eigenvalue weighted by molar-refractivity contribution is -0.124. The molecule has 16 heteroatoms. The van der Waals surface area contributed by atoms with E-state index in [9.17, 15) is 32.7 Å². The minimum atomic E-state index is -3.81. The second kappa shape index (κ2) is 11.4. The zero-order chi connectivity index (χ0) is 34.1. The highest BCUT2D eigenvalue weighted by atomic mass is 32.2. The second-order valence-electron chi connectivity index (χ2n) is 12.5. The van der Waals surface area contributed by atoms with Crippen molar-refractivity contribution in [3.8, 4) is 0 Å². The monoisotopic (exact) mass is 672 g/mol. The highest BCUT2D eigenvalue weighted by molar-refractivity contribution is 7.90. The molecule has 0 spiro atoms. The standard InChI is InChI=1S/C32H32N8O7S/c1-17-8-9-33-28(34-17)22-12-23(22)30(42)36-24-11-21(6-7-26(24)48(3,46)47)39(32(44)45)15-20-14-38-13-19(18-4-5-18)10-25(29(38)35-20)40-16-27(41)37(2)31(40)43/h6-11,13-14,18,22-23H,4-5,12,15-16H2,1-3H3,(H,36,42)(H,44,45)/t22-,23-/m0/s1. The Balaban J connectivity index is 1.19. The fourth-order valence-electron chi connectivity index (χ4n) is 6.03. The summed E-state index contributed by atoms with van der Waals surface area (Å²) in [7, 11) is -2.39. The highest BCUT2D eigenvalue weighted by Gasteiger charge is 2.46. The van der Waals surface area contributed by atoms with Crippen LogP contribution in [0.2, 0.25) is 0 Å². The molecule has 0 bridgehead atoms. The van der Waals surface area contributed by atoms with Crippen molar-refractivity contribution in [2.45, 2.75) is 49.5 Å². The number of imide groups is 1. The molecule has 48 heavy (non-hydrogen) atoms. The molecule has 3 aliphatic rings. The zero-order valence-electron chi connectivity index (χ0n) is 26.3. The van der Waals surface area contributed by atoms with Gasteiger partial charge in [-0.2, -0.15) is 0 Å². The number of aromatic nitrogens is 4. The van der Waals surface area contributed by atoms with Crippen LogP contribution >= 0.6 is 0 Å². The molecule has 1 aliphatic heterocycles. The van der Waals surface area contributed by atoms with E-state index in [1.54, 1.807) is 22.9 Å². The maximum Gasteiger partial charge on any atom is 0.412 e. The van der Waals surface area contributed by atoms with Crippen molar-refractivity contribution in [2.75, 3.05) is 35.0 Å². The molecule has 7 rings (SSSR count). The van der Waals surface area contributed by atoms with E-state index in [0.29, 0.717) is 35.2 Å². The fourth-order valence-corrected chi connectivity index (χ4v) is 6.86. The Bertz CT molecular complexity index is 2140. The van der Waals surface area contributed by atoms with Crippen molar-refractivity contribution in [2.24, 2.45) is 5.92 Å². The van der Waals surface area contributed by atoms with Gasteiger partial charge in [0.1, 0.15) is 12.4 Å². The van der Waals surface area contributed by atoms with Crippen molar-refractivity contribution in [3.63, 3.8) is 0 Å². The number of sulfone groups is 1. The number of hydrogen-bond donors (Lipinski definition) is 2. The summed E-state index contributed by atoms with van der Waals surface area (Å²) in [5.74, 6) is -0.590. The van der Waals surface area contributed by atoms with E-state index in [1.807, 2.05) is 19.2 Å². The first-order valence-corrected chi connectivity index (χ1v) is 17.2. The van der Waals surface area contributed by atoms with Crippen LogP contribution in [0.15, 0.2) is 53.8 Å². The summed E-state index contributed by atoms with van der Waals surface area (Å²) in [5, 5.41) is 13.0. The maximum absolute atomic E-state index is 13.3. The van der Waals surface area contributed by atoms with Crippen molar-refractivity contribution in [1.82, 2.24) is 24.3 Å². The third-order valence-corrected chi connectivity index (χ3v) is 10.0. The summed E-state index contributed by atoms with van der Waals surface area (Å²) < 4.78 is 27.1. The molecule has 1 saturated heterocycles. The molecule has 3 fully saturated rings. The molecule has 2 atom stereocenters. The van der Waals surface area contributed by atoms with Crippen molar-refractivity contribution >= 4 is 56.5 Å². The Morgan fingerprint density at radius 3 is 2.52 bits per heavy atom. The van der Waals surface area contributed by atoms with E-state index in [2.05, 4.69) is 20.3 Å². The summed E-state index contributed by atoms with van der Waals surface area (Å²) in [4.78, 5) is 67.7. The van der Waals surface area contributed by atoms with Gasteiger partial charge < -0.3 is 14.8 Å². The Hall–Kier alpha value is -5.38. The van der Waals surface area contributed by atoms with Crippen LogP contribution in [0.4, 0.5) is 26.7 Å². The zero-order valence-corrected chi connectivity index (χ0v) is 27.1. The molecular weight excluding hydrogens is 640 g/mol. The van der Waals surface area contributed by atoms with Crippen LogP contribution in [-0.4, -0.2) is 81.6 Å². The number of carbonyl (C=O) groups is 4. The molecule has 3 aromatic heterocycles. The first-order valence-electron chi connectivity index (χ1n) is 15.3. The number of carboxylic acid groups (broad SMARTS) is 1. The predicted molar refractivity (Wildman–Crippen MR) is 173 cm³/mol. The minimum absolute atomic E-state index is 0.0465. The number of hydrogen-bond acceptors (Lipinski definition) is 9. The number of nitrogens with one attached hydrogen (secondary N) is 1. The molecule has 1 aromatic carbocycles. The first-order chi connectivity index (χ1) is 22.8. The fraction of sp³-hybridized carbons (Fsp3) is 0.344. The van der Waals surface area contributed by atoms with Gasteiger partial charge in [0.15, 0.2) is 15.5 Å². The molecule has 2 N–H and O–H groups in total. The van der Waals surface area contributed by atoms with Crippen LogP contribution in [0, 0.1) is 12.8 Å². The van der Waals surface area contributed by atoms with Crippen molar-refractivity contribution in [1.29, 1.82) is 0 Å². The van der Waals surface area contributed by atoms with Gasteiger partial charge in [-0.3, -0.25) is 24.3 Å². The number of nitrogens with zero attached hydrogens (tertiary/aromatic N) is 7. The number of imidazole rings is 1. The number of urea groups is 1. The summed E-state index contributed by atoms with van der Waals surface area (Å²) in [5.41, 5.74) is 2.99. The molecule has 2 saturated carbocycles. The van der Waals surface area contributed by atoms with Crippen LogP contribution in [0.5, 0.6) is 0 Å². The minimum Gasteiger partial charge on any atom is -0.465 e. The quantitative estimate of drug-likeness (QED) is 0.249. The second-order valence-corrected chi connectivity index (χ2v) is 14.5. The van der Waals surface area contributed by atoms with Crippen LogP contribution in [-0.2, 0) is 26.0 Å². The van der Waals surface area contributed by atoms with E-state index in [1.165, 1.54) is 30.1 Å². The highest BCUT2D eigenvalue weighted by Crippen LogP contribution is 2.47. The van der Waals surface area contributed by atoms with Gasteiger partial charge in [0.25, 0.3) is 0 Å². The Kier molecular flexibility index (Phi) is 7.42. The van der Waals surface area contributed by atoms with E-state index >= 15 is 0 Å². The Morgan fingerprint density at radius 1 is 1.10 bits per heavy atom. The molecule has 15 nitrogen and oxygen atoms in total. The maximum atomic E-state index is 13.3. The smallest absolute Gasteiger partial charge is 0.412 e. The van der Waals surface area contributed by atoms with Gasteiger partial charge in [-0.1, -0.05) is 0 Å². The summed E-state index contributed by atoms with van der Waals surface area (Å²) in [6, 6.07) is 7.08. The van der Waals surface area contributed by atoms with Crippen LogP contribution < -0.4 is 15.1 Å². The molecule has 2 aliphatic carbocycles. The molecule has 0 unspecified atom stereocenters. The number of benzene rings is 1. The molecule has 5 amide bonds. The summed E-state index contributed by atoms with van der Waals surface area (Å²) in [6.45, 7) is 1.46. The van der Waals surface area contributed by atoms with Gasteiger partial charge in [0, 0.05) is 55.1 Å². The summed E-state index contributed by atoms with van der Waals surface area (Å²) in [6.07, 6.45) is 7.34. The number of aryl methyl sites for hydroxylation is 1. The first kappa shape index (κ1) is 31.2. The largest absolute Gasteiger partial charge is 0.465 e.